The summed E-state index contributed by atoms with van der Waals surface area (Å²) in [6.45, 7) is 8.01. The van der Waals surface area contributed by atoms with Gasteiger partial charge in [0.25, 0.3) is 0 Å². The number of amides is 2. The first kappa shape index (κ1) is 38.7. The van der Waals surface area contributed by atoms with Gasteiger partial charge in [0.2, 0.25) is 11.8 Å². The Morgan fingerprint density at radius 3 is 2.52 bits per heavy atom. The molecule has 0 unspecified atom stereocenters. The van der Waals surface area contributed by atoms with E-state index in [1.807, 2.05) is 6.07 Å². The number of aromatic nitrogens is 2. The van der Waals surface area contributed by atoms with E-state index in [0.717, 1.165) is 0 Å². The van der Waals surface area contributed by atoms with E-state index < -0.39 is 23.6 Å². The summed E-state index contributed by atoms with van der Waals surface area (Å²) >= 11 is 13.9. The molecule has 0 aliphatic carbocycles. The average molecular weight is 754 g/mol. The molecular weight excluding hydrogens is 710 g/mol. The Morgan fingerprint density at radius 2 is 1.83 bits per heavy atom. The lowest BCUT2D eigenvalue weighted by atomic mass is 10.0. The normalized spacial score (nSPS) is 14.9. The highest BCUT2D eigenvalue weighted by Crippen LogP contribution is 2.41. The molecule has 1 saturated heterocycles. The zero-order valence-corrected chi connectivity index (χ0v) is 31.2. The van der Waals surface area contributed by atoms with Gasteiger partial charge in [0.15, 0.2) is 5.82 Å². The number of methoxy groups -OCH3 is 1. The van der Waals surface area contributed by atoms with Crippen LogP contribution in [0.15, 0.2) is 60.8 Å². The number of anilines is 2. The van der Waals surface area contributed by atoms with Gasteiger partial charge < -0.3 is 35.4 Å². The Hall–Kier alpha value is -4.49. The third-order valence-corrected chi connectivity index (χ3v) is 8.98. The summed E-state index contributed by atoms with van der Waals surface area (Å²) in [6, 6.07) is 15.4. The van der Waals surface area contributed by atoms with Gasteiger partial charge in [-0.05, 0) is 64.4 Å². The average Bonchev–Trinajstić information content (AvgIpc) is 3.50. The molecule has 11 nitrogen and oxygen atoms in total. The van der Waals surface area contributed by atoms with E-state index in [1.54, 1.807) is 82.4 Å². The maximum absolute atomic E-state index is 15.4. The monoisotopic (exact) mass is 752 g/mol. The number of carbonyl (C=O) groups excluding carboxylic acids is 2. The molecule has 2 amide bonds. The van der Waals surface area contributed by atoms with Crippen molar-refractivity contribution < 1.29 is 28.6 Å². The van der Waals surface area contributed by atoms with Crippen molar-refractivity contribution in [2.45, 2.75) is 71.4 Å². The Kier molecular flexibility index (Phi) is 12.6. The molecule has 14 heteroatoms. The van der Waals surface area contributed by atoms with Crippen molar-refractivity contribution in [1.82, 2.24) is 25.5 Å². The minimum Gasteiger partial charge on any atom is -0.481 e. The van der Waals surface area contributed by atoms with Crippen LogP contribution >= 0.6 is 23.2 Å². The number of nitrogens with zero attached hydrogens (tertiary/aromatic N) is 3. The molecule has 1 aliphatic rings. The standard InChI is InChI=1S/C38H43Cl2FN6O5/c1-22(48)18-42-19-23-8-6-11-30(34(23)41)45-29-10-7-9-27(32(29)39)35-33(40)26(16-17-43-35)28-14-12-24(36(46-28)51-5)20-47(37(50)52-38(2,3)4)21-25-13-15-31(49)44-25/h6-12,14,16-17,22,25,42,45,48H,13,15,18-21H2,1-5H3,(H,44,49)/t22-,25-/m0/s1. The van der Waals surface area contributed by atoms with Gasteiger partial charge in [-0.25, -0.2) is 14.2 Å². The number of aliphatic hydroxyl groups is 1. The van der Waals surface area contributed by atoms with Crippen molar-refractivity contribution in [3.8, 4) is 28.4 Å². The molecule has 1 fully saturated rings. The van der Waals surface area contributed by atoms with Gasteiger partial charge in [-0.3, -0.25) is 9.78 Å². The minimum atomic E-state index is -0.715. The smallest absolute Gasteiger partial charge is 0.410 e. The maximum atomic E-state index is 15.4. The number of hydrogen-bond acceptors (Lipinski definition) is 9. The lowest BCUT2D eigenvalue weighted by Crippen LogP contribution is -2.43. The van der Waals surface area contributed by atoms with Crippen molar-refractivity contribution >= 4 is 46.6 Å². The molecule has 4 aromatic rings. The number of hydrogen-bond donors (Lipinski definition) is 4. The number of benzene rings is 2. The van der Waals surface area contributed by atoms with E-state index in [1.165, 1.54) is 12.0 Å². The van der Waals surface area contributed by atoms with Gasteiger partial charge in [0.05, 0.1) is 52.6 Å². The summed E-state index contributed by atoms with van der Waals surface area (Å²) in [7, 11) is 1.49. The Bertz CT molecular complexity index is 1920. The molecule has 1 aliphatic heterocycles. The summed E-state index contributed by atoms with van der Waals surface area (Å²) in [5, 5.41) is 19.1. The molecule has 0 saturated carbocycles. The highest BCUT2D eigenvalue weighted by molar-refractivity contribution is 6.39. The minimum absolute atomic E-state index is 0.0481. The van der Waals surface area contributed by atoms with E-state index in [4.69, 9.17) is 37.7 Å². The maximum Gasteiger partial charge on any atom is 0.410 e. The van der Waals surface area contributed by atoms with Crippen LogP contribution in [0, 0.1) is 5.82 Å². The summed E-state index contributed by atoms with van der Waals surface area (Å²) in [6.07, 6.45) is 1.55. The molecule has 5 rings (SSSR count). The van der Waals surface area contributed by atoms with Crippen molar-refractivity contribution in [3.63, 3.8) is 0 Å². The number of nitrogens with one attached hydrogen (secondary N) is 3. The first-order valence-electron chi connectivity index (χ1n) is 16.9. The fraction of sp³-hybridized carbons (Fsp3) is 0.368. The highest BCUT2D eigenvalue weighted by atomic mass is 35.5. The first-order chi connectivity index (χ1) is 24.7. The topological polar surface area (TPSA) is 138 Å². The molecule has 2 aromatic heterocycles. The SMILES string of the molecule is COc1nc(-c2ccnc(-c3cccc(Nc4cccc(CNC[C@H](C)O)c4F)c3Cl)c2Cl)ccc1CN(C[C@@H]1CCC(=O)N1)C(=O)OC(C)(C)C. The molecule has 2 atom stereocenters. The van der Waals surface area contributed by atoms with Crippen LogP contribution in [0.3, 0.4) is 0 Å². The van der Waals surface area contributed by atoms with Crippen molar-refractivity contribution in [2.75, 3.05) is 25.5 Å². The third-order valence-electron chi connectivity index (χ3n) is 8.19. The molecular formula is C38H43Cl2FN6O5. The number of aliphatic hydroxyl groups excluding tert-OH is 1. The number of pyridine rings is 2. The van der Waals surface area contributed by atoms with Crippen LogP contribution in [0.25, 0.3) is 22.5 Å². The second-order valence-electron chi connectivity index (χ2n) is 13.6. The van der Waals surface area contributed by atoms with Crippen molar-refractivity contribution in [2.24, 2.45) is 0 Å². The predicted octanol–water partition coefficient (Wildman–Crippen LogP) is 7.49. The van der Waals surface area contributed by atoms with Gasteiger partial charge in [0.1, 0.15) is 5.60 Å². The second-order valence-corrected chi connectivity index (χ2v) is 14.4. The van der Waals surface area contributed by atoms with E-state index in [-0.39, 0.29) is 53.2 Å². The van der Waals surface area contributed by atoms with E-state index >= 15 is 4.39 Å². The molecule has 0 bridgehead atoms. The molecule has 4 N–H and O–H groups in total. The van der Waals surface area contributed by atoms with Crippen molar-refractivity contribution in [1.29, 1.82) is 0 Å². The first-order valence-corrected chi connectivity index (χ1v) is 17.7. The molecule has 0 radical (unpaired) electrons. The largest absolute Gasteiger partial charge is 0.481 e. The zero-order valence-electron chi connectivity index (χ0n) is 29.7. The van der Waals surface area contributed by atoms with Gasteiger partial charge >= 0.3 is 6.09 Å². The molecule has 2 aromatic carbocycles. The molecule has 276 valence electrons. The van der Waals surface area contributed by atoms with Crippen LogP contribution in [0.5, 0.6) is 5.88 Å². The number of halogens is 3. The van der Waals surface area contributed by atoms with Crippen LogP contribution < -0.4 is 20.7 Å². The number of rotatable bonds is 13. The Balaban J connectivity index is 1.40. The van der Waals surface area contributed by atoms with Crippen LogP contribution in [0.1, 0.15) is 51.7 Å². The predicted molar refractivity (Wildman–Crippen MR) is 200 cm³/mol. The van der Waals surface area contributed by atoms with Crippen LogP contribution in [-0.4, -0.2) is 69.9 Å². The lowest BCUT2D eigenvalue weighted by Gasteiger charge is -2.29. The number of carbonyl (C=O) groups is 2. The quantitative estimate of drug-likeness (QED) is 0.109. The van der Waals surface area contributed by atoms with Crippen LogP contribution in [-0.2, 0) is 22.6 Å². The molecule has 0 spiro atoms. The Labute approximate surface area is 312 Å². The van der Waals surface area contributed by atoms with E-state index in [9.17, 15) is 14.7 Å². The van der Waals surface area contributed by atoms with Crippen LogP contribution in [0.4, 0.5) is 20.6 Å². The summed E-state index contributed by atoms with van der Waals surface area (Å²) < 4.78 is 26.8. The third kappa shape index (κ3) is 9.68. The highest BCUT2D eigenvalue weighted by Gasteiger charge is 2.29. The van der Waals surface area contributed by atoms with E-state index in [2.05, 4.69) is 20.9 Å². The van der Waals surface area contributed by atoms with Crippen molar-refractivity contribution in [3.05, 3.63) is 87.8 Å². The van der Waals surface area contributed by atoms with Gasteiger partial charge in [0, 0.05) is 60.5 Å². The number of ether oxygens (including phenoxy) is 2. The zero-order chi connectivity index (χ0) is 37.6. The lowest BCUT2D eigenvalue weighted by molar-refractivity contribution is -0.119. The van der Waals surface area contributed by atoms with Gasteiger partial charge in [-0.1, -0.05) is 47.5 Å². The molecule has 3 heterocycles. The molecule has 52 heavy (non-hydrogen) atoms. The van der Waals surface area contributed by atoms with Crippen LogP contribution in [0.2, 0.25) is 10.0 Å². The second kappa shape index (κ2) is 16.9. The van der Waals surface area contributed by atoms with E-state index in [0.29, 0.717) is 58.7 Å². The fourth-order valence-corrected chi connectivity index (χ4v) is 6.32. The fourth-order valence-electron chi connectivity index (χ4n) is 5.75. The van der Waals surface area contributed by atoms with Gasteiger partial charge in [-0.15, -0.1) is 0 Å². The Morgan fingerprint density at radius 1 is 1.08 bits per heavy atom. The summed E-state index contributed by atoms with van der Waals surface area (Å²) in [4.78, 5) is 35.9. The summed E-state index contributed by atoms with van der Waals surface area (Å²) in [5.41, 5.74) is 3.00. The summed E-state index contributed by atoms with van der Waals surface area (Å²) in [5.74, 6) is -0.207. The van der Waals surface area contributed by atoms with Gasteiger partial charge in [-0.2, -0.15) is 0 Å².